The molecule has 3 unspecified atom stereocenters. The molecular formula is C20H24N6O5. The van der Waals surface area contributed by atoms with Crippen molar-refractivity contribution in [3.63, 3.8) is 0 Å². The van der Waals surface area contributed by atoms with Crippen LogP contribution in [0.4, 0.5) is 0 Å². The zero-order chi connectivity index (χ0) is 22.3. The van der Waals surface area contributed by atoms with Gasteiger partial charge in [0, 0.05) is 18.4 Å². The number of esters is 2. The van der Waals surface area contributed by atoms with Gasteiger partial charge in [0.05, 0.1) is 29.8 Å². The van der Waals surface area contributed by atoms with Gasteiger partial charge in [-0.2, -0.15) is 5.10 Å². The predicted molar refractivity (Wildman–Crippen MR) is 110 cm³/mol. The van der Waals surface area contributed by atoms with Crippen LogP contribution in [0.3, 0.4) is 0 Å². The van der Waals surface area contributed by atoms with E-state index >= 15 is 0 Å². The summed E-state index contributed by atoms with van der Waals surface area (Å²) in [6.07, 6.45) is 2.38. The first-order valence-corrected chi connectivity index (χ1v) is 10.1. The van der Waals surface area contributed by atoms with E-state index in [0.29, 0.717) is 22.2 Å². The highest BCUT2D eigenvalue weighted by Gasteiger charge is 2.41. The molecule has 11 nitrogen and oxygen atoms in total. The Morgan fingerprint density at radius 2 is 1.94 bits per heavy atom. The minimum absolute atomic E-state index is 0.229. The molecule has 1 saturated heterocycles. The third-order valence-electron chi connectivity index (χ3n) is 5.39. The Kier molecular flexibility index (Phi) is 5.46. The van der Waals surface area contributed by atoms with Crippen LogP contribution in [0.15, 0.2) is 23.3 Å². The Morgan fingerprint density at radius 1 is 1.19 bits per heavy atom. The van der Waals surface area contributed by atoms with Gasteiger partial charge in [-0.15, -0.1) is 0 Å². The van der Waals surface area contributed by atoms with Gasteiger partial charge in [0.25, 0.3) is 5.56 Å². The Hall–Kier alpha value is -3.31. The molecule has 3 aromatic rings. The molecule has 164 valence electrons. The molecule has 1 aliphatic rings. The fourth-order valence-electron chi connectivity index (χ4n) is 3.94. The number of hydrogen-bond acceptors (Lipinski definition) is 9. The van der Waals surface area contributed by atoms with Crippen LogP contribution < -0.4 is 16.4 Å². The van der Waals surface area contributed by atoms with Crippen LogP contribution in [0.25, 0.3) is 16.6 Å². The first kappa shape index (κ1) is 20.9. The fraction of sp³-hybridized carbons (Fsp3) is 0.450. The summed E-state index contributed by atoms with van der Waals surface area (Å²) in [7, 11) is 0. The van der Waals surface area contributed by atoms with Gasteiger partial charge in [0.2, 0.25) is 0 Å². The monoisotopic (exact) mass is 428 g/mol. The molecule has 4 rings (SSSR count). The fourth-order valence-corrected chi connectivity index (χ4v) is 3.94. The van der Waals surface area contributed by atoms with E-state index in [2.05, 4.69) is 20.9 Å². The summed E-state index contributed by atoms with van der Waals surface area (Å²) in [5, 5.41) is 4.70. The van der Waals surface area contributed by atoms with Crippen molar-refractivity contribution in [3.05, 3.63) is 40.1 Å². The van der Waals surface area contributed by atoms with Crippen LogP contribution >= 0.6 is 0 Å². The molecule has 0 spiro atoms. The third-order valence-corrected chi connectivity index (χ3v) is 5.39. The van der Waals surface area contributed by atoms with E-state index in [1.165, 1.54) is 15.3 Å². The lowest BCUT2D eigenvalue weighted by Gasteiger charge is -2.21. The first-order chi connectivity index (χ1) is 14.9. The molecule has 1 aliphatic heterocycles. The summed E-state index contributed by atoms with van der Waals surface area (Å²) in [5.74, 6) is -1.49. The van der Waals surface area contributed by atoms with E-state index in [4.69, 9.17) is 9.47 Å². The molecule has 0 amide bonds. The molecule has 1 fully saturated rings. The largest absolute Gasteiger partial charge is 0.466 e. The second kappa shape index (κ2) is 8.08. The third kappa shape index (κ3) is 3.35. The van der Waals surface area contributed by atoms with Gasteiger partial charge in [-0.05, 0) is 33.8 Å². The maximum Gasteiger partial charge on any atom is 0.343 e. The minimum atomic E-state index is -0.629. The number of aromatic nitrogens is 4. The number of nitrogens with one attached hydrogen (secondary N) is 2. The second-order valence-electron chi connectivity index (χ2n) is 7.30. The highest BCUT2D eigenvalue weighted by atomic mass is 16.5. The van der Waals surface area contributed by atoms with Gasteiger partial charge in [0.1, 0.15) is 17.6 Å². The maximum atomic E-state index is 13.3. The van der Waals surface area contributed by atoms with Crippen LogP contribution in [-0.4, -0.2) is 50.4 Å². The number of fused-ring (bicyclic) bond motifs is 3. The topological polar surface area (TPSA) is 129 Å². The van der Waals surface area contributed by atoms with E-state index in [1.807, 2.05) is 6.92 Å². The molecule has 2 N–H and O–H groups in total. The summed E-state index contributed by atoms with van der Waals surface area (Å²) < 4.78 is 13.2. The average Bonchev–Trinajstić information content (AvgIpc) is 3.28. The lowest BCUT2D eigenvalue weighted by molar-refractivity contribution is -0.149. The van der Waals surface area contributed by atoms with Crippen molar-refractivity contribution in [2.45, 2.75) is 39.9 Å². The lowest BCUT2D eigenvalue weighted by Crippen LogP contribution is -2.38. The smallest absolute Gasteiger partial charge is 0.343 e. The molecule has 3 atom stereocenters. The maximum absolute atomic E-state index is 13.3. The number of carbonyl (C=O) groups is 2. The molecular weight excluding hydrogens is 404 g/mol. The molecule has 3 aromatic heterocycles. The molecule has 0 aliphatic carbocycles. The second-order valence-corrected chi connectivity index (χ2v) is 7.30. The van der Waals surface area contributed by atoms with Crippen molar-refractivity contribution in [3.8, 4) is 0 Å². The summed E-state index contributed by atoms with van der Waals surface area (Å²) in [6.45, 7) is 7.48. The normalized spacial score (nSPS) is 21.0. The van der Waals surface area contributed by atoms with Crippen molar-refractivity contribution in [2.75, 3.05) is 13.2 Å². The van der Waals surface area contributed by atoms with Gasteiger partial charge < -0.3 is 9.47 Å². The number of pyridine rings is 1. The number of hydrogen-bond donors (Lipinski definition) is 2. The predicted octanol–water partition coefficient (Wildman–Crippen LogP) is 0.704. The summed E-state index contributed by atoms with van der Waals surface area (Å²) in [4.78, 5) is 42.4. The average molecular weight is 428 g/mol. The van der Waals surface area contributed by atoms with Crippen LogP contribution in [0.1, 0.15) is 43.0 Å². The minimum Gasteiger partial charge on any atom is -0.466 e. The zero-order valence-electron chi connectivity index (χ0n) is 17.7. The van der Waals surface area contributed by atoms with E-state index in [9.17, 15) is 14.4 Å². The van der Waals surface area contributed by atoms with Gasteiger partial charge in [-0.25, -0.2) is 19.7 Å². The van der Waals surface area contributed by atoms with Gasteiger partial charge in [0.15, 0.2) is 5.65 Å². The van der Waals surface area contributed by atoms with Crippen LogP contribution in [0, 0.1) is 12.8 Å². The summed E-state index contributed by atoms with van der Waals surface area (Å²) in [5.41, 5.74) is 7.20. The molecule has 0 bridgehead atoms. The molecule has 0 radical (unpaired) electrons. The number of rotatable bonds is 5. The molecule has 0 saturated carbocycles. The van der Waals surface area contributed by atoms with Crippen LogP contribution in [-0.2, 0) is 14.3 Å². The number of hydrazine groups is 1. The van der Waals surface area contributed by atoms with Crippen LogP contribution in [0.2, 0.25) is 0 Å². The van der Waals surface area contributed by atoms with E-state index in [0.717, 1.165) is 0 Å². The van der Waals surface area contributed by atoms with Crippen molar-refractivity contribution in [1.29, 1.82) is 0 Å². The Balaban J connectivity index is 1.83. The lowest BCUT2D eigenvalue weighted by atomic mass is 10.0. The number of nitrogens with zero attached hydrogens (tertiary/aromatic N) is 4. The SMILES string of the molecule is CCOC(=O)c1c(C)nn2c1ncc1c(=O)n(C3NNC(C)C3C(=O)OCC)ccc12. The number of carbonyl (C=O) groups excluding carboxylic acids is 2. The zero-order valence-corrected chi connectivity index (χ0v) is 17.7. The molecule has 4 heterocycles. The number of ether oxygens (including phenoxy) is 2. The van der Waals surface area contributed by atoms with Gasteiger partial charge in [-0.1, -0.05) is 0 Å². The van der Waals surface area contributed by atoms with E-state index in [1.54, 1.807) is 33.0 Å². The summed E-state index contributed by atoms with van der Waals surface area (Å²) in [6, 6.07) is 1.48. The number of aryl methyl sites for hydroxylation is 1. The van der Waals surface area contributed by atoms with Crippen molar-refractivity contribution in [2.24, 2.45) is 5.92 Å². The van der Waals surface area contributed by atoms with Gasteiger partial charge >= 0.3 is 11.9 Å². The molecule has 11 heteroatoms. The molecule has 0 aromatic carbocycles. The first-order valence-electron chi connectivity index (χ1n) is 10.1. The summed E-state index contributed by atoms with van der Waals surface area (Å²) >= 11 is 0. The van der Waals surface area contributed by atoms with E-state index < -0.39 is 18.1 Å². The van der Waals surface area contributed by atoms with Gasteiger partial charge in [-0.3, -0.25) is 19.6 Å². The Morgan fingerprint density at radius 3 is 2.65 bits per heavy atom. The quantitative estimate of drug-likeness (QED) is 0.564. The molecule has 31 heavy (non-hydrogen) atoms. The Bertz CT molecular complexity index is 1230. The highest BCUT2D eigenvalue weighted by molar-refractivity contribution is 5.98. The Labute approximate surface area is 177 Å². The van der Waals surface area contributed by atoms with Crippen molar-refractivity contribution in [1.82, 2.24) is 30.0 Å². The van der Waals surface area contributed by atoms with Crippen molar-refractivity contribution < 1.29 is 19.1 Å². The highest BCUT2D eigenvalue weighted by Crippen LogP contribution is 2.25. The van der Waals surface area contributed by atoms with E-state index in [-0.39, 0.29) is 36.3 Å². The standard InChI is InChI=1S/C20H24N6O5/c1-5-30-19(28)14-10(3)22-23-17(14)25-8-7-13-12(18(25)27)9-21-16-15(20(29)31-6-2)11(4)24-26(13)16/h7-10,14,17,22-23H,5-6H2,1-4H3. The van der Waals surface area contributed by atoms with Crippen LogP contribution in [0.5, 0.6) is 0 Å². The van der Waals surface area contributed by atoms with Crippen molar-refractivity contribution >= 4 is 28.5 Å².